The molecule has 5 heteroatoms. The second kappa shape index (κ2) is 7.24. The highest BCUT2D eigenvalue weighted by Gasteiger charge is 2.40. The van der Waals surface area contributed by atoms with E-state index in [1.54, 1.807) is 7.11 Å². The number of anilines is 1. The molecule has 0 radical (unpaired) electrons. The van der Waals surface area contributed by atoms with Gasteiger partial charge in [0, 0.05) is 23.4 Å². The summed E-state index contributed by atoms with van der Waals surface area (Å²) in [4.78, 5) is 14.8. The molecular weight excluding hydrogens is 350 g/mol. The summed E-state index contributed by atoms with van der Waals surface area (Å²) < 4.78 is 5.24. The van der Waals surface area contributed by atoms with Gasteiger partial charge in [0.2, 0.25) is 0 Å². The second-order valence-electron chi connectivity index (χ2n) is 6.92. The average molecular weight is 371 g/mol. The predicted octanol–water partition coefficient (Wildman–Crippen LogP) is 4.00. The molecule has 140 valence electrons. The Morgan fingerprint density at radius 2 is 1.82 bits per heavy atom. The van der Waals surface area contributed by atoms with Crippen molar-refractivity contribution in [1.29, 1.82) is 5.26 Å². The van der Waals surface area contributed by atoms with Gasteiger partial charge in [-0.25, -0.2) is 0 Å². The summed E-state index contributed by atoms with van der Waals surface area (Å²) in [6.07, 6.45) is 2.02. The topological polar surface area (TPSA) is 79.3 Å². The quantitative estimate of drug-likeness (QED) is 0.882. The number of nitriles is 1. The van der Waals surface area contributed by atoms with Crippen LogP contribution in [0.2, 0.25) is 0 Å². The fraction of sp³-hybridized carbons (Fsp3) is 0.217. The maximum atomic E-state index is 13.0. The monoisotopic (exact) mass is 371 g/mol. The minimum atomic E-state index is -0.413. The van der Waals surface area contributed by atoms with Crippen LogP contribution in [-0.4, -0.2) is 12.9 Å². The van der Waals surface area contributed by atoms with Gasteiger partial charge in [-0.1, -0.05) is 30.3 Å². The van der Waals surface area contributed by atoms with E-state index in [0.29, 0.717) is 23.4 Å². The Morgan fingerprint density at radius 1 is 1.11 bits per heavy atom. The first-order valence-electron chi connectivity index (χ1n) is 9.30. The van der Waals surface area contributed by atoms with Gasteiger partial charge in [-0.3, -0.25) is 9.69 Å². The first kappa shape index (κ1) is 17.9. The highest BCUT2D eigenvalue weighted by molar-refractivity contribution is 6.01. The van der Waals surface area contributed by atoms with Crippen LogP contribution in [0.1, 0.15) is 30.7 Å². The molecule has 1 heterocycles. The average Bonchev–Trinajstić information content (AvgIpc) is 2.74. The van der Waals surface area contributed by atoms with Crippen LogP contribution >= 0.6 is 0 Å². The Labute approximate surface area is 164 Å². The Balaban J connectivity index is 1.93. The number of nitrogens with two attached hydrogens (primary N) is 1. The molecule has 0 aromatic heterocycles. The summed E-state index contributed by atoms with van der Waals surface area (Å²) >= 11 is 0. The first-order chi connectivity index (χ1) is 13.7. The molecule has 0 spiro atoms. The van der Waals surface area contributed by atoms with Crippen molar-refractivity contribution < 1.29 is 9.53 Å². The zero-order chi connectivity index (χ0) is 19.7. The molecule has 2 aromatic carbocycles. The normalized spacial score (nSPS) is 19.4. The number of hydrogen-bond donors (Lipinski definition) is 1. The molecule has 1 unspecified atom stereocenters. The van der Waals surface area contributed by atoms with Crippen molar-refractivity contribution in [3.05, 3.63) is 82.8 Å². The molecule has 1 aliphatic carbocycles. The number of benzene rings is 2. The minimum absolute atomic E-state index is 0.0915. The van der Waals surface area contributed by atoms with Gasteiger partial charge in [-0.15, -0.1) is 0 Å². The zero-order valence-corrected chi connectivity index (χ0v) is 15.7. The van der Waals surface area contributed by atoms with Crippen molar-refractivity contribution in [3.63, 3.8) is 0 Å². The van der Waals surface area contributed by atoms with E-state index in [1.165, 1.54) is 0 Å². The Kier molecular flexibility index (Phi) is 4.62. The molecule has 2 N–H and O–H groups in total. The van der Waals surface area contributed by atoms with Crippen molar-refractivity contribution in [3.8, 4) is 11.8 Å². The van der Waals surface area contributed by atoms with Gasteiger partial charge in [0.1, 0.15) is 11.6 Å². The van der Waals surface area contributed by atoms with Gasteiger partial charge in [-0.05, 0) is 42.7 Å². The molecular formula is C23H21N3O2. The van der Waals surface area contributed by atoms with Crippen molar-refractivity contribution in [2.45, 2.75) is 25.2 Å². The fourth-order valence-electron chi connectivity index (χ4n) is 4.09. The number of hydrogen-bond acceptors (Lipinski definition) is 5. The van der Waals surface area contributed by atoms with E-state index in [1.807, 2.05) is 59.5 Å². The standard InChI is InChI=1S/C23H21N3O2/c1-28-17-12-10-16(11-13-17)26-19-8-5-9-20(27)22(19)21(18(14-24)23(26)25)15-6-3-2-4-7-15/h2-4,6-7,10-13,21H,5,8-9,25H2,1H3. The van der Waals surface area contributed by atoms with Crippen LogP contribution < -0.4 is 15.4 Å². The molecule has 5 nitrogen and oxygen atoms in total. The highest BCUT2D eigenvalue weighted by atomic mass is 16.5. The van der Waals surface area contributed by atoms with Crippen LogP contribution in [0, 0.1) is 11.3 Å². The van der Waals surface area contributed by atoms with E-state index < -0.39 is 5.92 Å². The van der Waals surface area contributed by atoms with E-state index in [0.717, 1.165) is 35.5 Å². The highest BCUT2D eigenvalue weighted by Crippen LogP contribution is 2.46. The number of carbonyl (C=O) groups is 1. The SMILES string of the molecule is COc1ccc(N2C(N)=C(C#N)C(c3ccccc3)C3=C2CCCC3=O)cc1. The van der Waals surface area contributed by atoms with Crippen LogP contribution in [-0.2, 0) is 4.79 Å². The van der Waals surface area contributed by atoms with E-state index >= 15 is 0 Å². The summed E-state index contributed by atoms with van der Waals surface area (Å²) in [5.74, 6) is 0.798. The summed E-state index contributed by atoms with van der Waals surface area (Å²) in [5, 5.41) is 9.95. The molecule has 0 saturated carbocycles. The van der Waals surface area contributed by atoms with E-state index in [2.05, 4.69) is 6.07 Å². The fourth-order valence-corrected chi connectivity index (χ4v) is 4.09. The van der Waals surface area contributed by atoms with Gasteiger partial charge in [0.15, 0.2) is 5.78 Å². The molecule has 28 heavy (non-hydrogen) atoms. The van der Waals surface area contributed by atoms with Crippen LogP contribution in [0.3, 0.4) is 0 Å². The lowest BCUT2D eigenvalue weighted by atomic mass is 9.75. The summed E-state index contributed by atoms with van der Waals surface area (Å²) in [5.41, 5.74) is 10.3. The molecule has 0 fully saturated rings. The summed E-state index contributed by atoms with van der Waals surface area (Å²) in [7, 11) is 1.61. The predicted molar refractivity (Wildman–Crippen MR) is 107 cm³/mol. The Morgan fingerprint density at radius 3 is 2.46 bits per heavy atom. The number of allylic oxidation sites excluding steroid dienone is 3. The molecule has 0 amide bonds. The number of ether oxygens (including phenoxy) is 1. The van der Waals surface area contributed by atoms with Gasteiger partial charge in [0.05, 0.1) is 24.7 Å². The van der Waals surface area contributed by atoms with Gasteiger partial charge < -0.3 is 10.5 Å². The van der Waals surface area contributed by atoms with Gasteiger partial charge in [-0.2, -0.15) is 5.26 Å². The molecule has 1 aliphatic heterocycles. The largest absolute Gasteiger partial charge is 0.497 e. The third-order valence-electron chi connectivity index (χ3n) is 5.38. The lowest BCUT2D eigenvalue weighted by Crippen LogP contribution is -2.38. The third kappa shape index (κ3) is 2.84. The van der Waals surface area contributed by atoms with Crippen molar-refractivity contribution in [1.82, 2.24) is 0 Å². The maximum absolute atomic E-state index is 13.0. The van der Waals surface area contributed by atoms with Gasteiger partial charge in [0.25, 0.3) is 0 Å². The zero-order valence-electron chi connectivity index (χ0n) is 15.7. The second-order valence-corrected chi connectivity index (χ2v) is 6.92. The van der Waals surface area contributed by atoms with Crippen LogP contribution in [0.25, 0.3) is 0 Å². The smallest absolute Gasteiger partial charge is 0.161 e. The summed E-state index contributed by atoms with van der Waals surface area (Å²) in [6, 6.07) is 19.4. The molecule has 2 aliphatic rings. The Bertz CT molecular complexity index is 1010. The van der Waals surface area contributed by atoms with Crippen molar-refractivity contribution in [2.75, 3.05) is 12.0 Å². The molecule has 2 aromatic rings. The number of methoxy groups -OCH3 is 1. The van der Waals surface area contributed by atoms with Crippen LogP contribution in [0.4, 0.5) is 5.69 Å². The Hall–Kier alpha value is -3.52. The minimum Gasteiger partial charge on any atom is -0.497 e. The molecule has 0 saturated heterocycles. The van der Waals surface area contributed by atoms with E-state index in [-0.39, 0.29) is 5.78 Å². The lowest BCUT2D eigenvalue weighted by molar-refractivity contribution is -0.116. The maximum Gasteiger partial charge on any atom is 0.161 e. The molecule has 1 atom stereocenters. The molecule has 4 rings (SSSR count). The van der Waals surface area contributed by atoms with Gasteiger partial charge >= 0.3 is 0 Å². The van der Waals surface area contributed by atoms with Crippen LogP contribution in [0.5, 0.6) is 5.75 Å². The number of carbonyl (C=O) groups excluding carboxylic acids is 1. The molecule has 0 bridgehead atoms. The lowest BCUT2D eigenvalue weighted by Gasteiger charge is -2.39. The number of Topliss-reactive ketones (excluding diaryl/α,β-unsaturated/α-hetero) is 1. The van der Waals surface area contributed by atoms with E-state index in [9.17, 15) is 10.1 Å². The summed E-state index contributed by atoms with van der Waals surface area (Å²) in [6.45, 7) is 0. The van der Waals surface area contributed by atoms with Crippen molar-refractivity contribution in [2.24, 2.45) is 5.73 Å². The van der Waals surface area contributed by atoms with Crippen LogP contribution in [0.15, 0.2) is 77.3 Å². The third-order valence-corrected chi connectivity index (χ3v) is 5.38. The van der Waals surface area contributed by atoms with E-state index in [4.69, 9.17) is 10.5 Å². The number of ketones is 1. The number of rotatable bonds is 3. The number of nitrogens with zero attached hydrogens (tertiary/aromatic N) is 2. The first-order valence-corrected chi connectivity index (χ1v) is 9.30. The van der Waals surface area contributed by atoms with Crippen molar-refractivity contribution >= 4 is 11.5 Å².